The highest BCUT2D eigenvalue weighted by molar-refractivity contribution is 7.99. The van der Waals surface area contributed by atoms with Gasteiger partial charge in [-0.2, -0.15) is 0 Å². The van der Waals surface area contributed by atoms with E-state index in [9.17, 15) is 9.59 Å². The number of piperazine rings is 1. The minimum absolute atomic E-state index is 0.0364. The molecule has 2 amide bonds. The molecular weight excluding hydrogens is 376 g/mol. The summed E-state index contributed by atoms with van der Waals surface area (Å²) in [7, 11) is 1.74. The molecule has 2 aliphatic heterocycles. The van der Waals surface area contributed by atoms with E-state index >= 15 is 0 Å². The smallest absolute Gasteiger partial charge is 0.253 e. The third-order valence-corrected chi connectivity index (χ3v) is 4.94. The molecule has 0 radical (unpaired) electrons. The highest BCUT2D eigenvalue weighted by Crippen LogP contribution is 2.20. The van der Waals surface area contributed by atoms with Crippen LogP contribution in [0.1, 0.15) is 29.8 Å². The van der Waals surface area contributed by atoms with Gasteiger partial charge in [0.25, 0.3) is 5.91 Å². The van der Waals surface area contributed by atoms with Gasteiger partial charge < -0.3 is 24.6 Å². The van der Waals surface area contributed by atoms with Gasteiger partial charge in [-0.15, -0.1) is 0 Å². The lowest BCUT2D eigenvalue weighted by atomic mass is 10.1. The number of amides is 2. The molecule has 2 aliphatic rings. The second-order valence-electron chi connectivity index (χ2n) is 6.29. The highest BCUT2D eigenvalue weighted by Gasteiger charge is 2.21. The summed E-state index contributed by atoms with van der Waals surface area (Å²) >= 11 is 1.53. The van der Waals surface area contributed by atoms with Crippen LogP contribution in [0, 0.1) is 6.92 Å². The number of hydrogen-bond acceptors (Lipinski definition) is 6. The molecule has 0 bridgehead atoms. The maximum Gasteiger partial charge on any atom is 0.253 e. The van der Waals surface area contributed by atoms with Crippen molar-refractivity contribution in [2.24, 2.45) is 0 Å². The Labute approximate surface area is 173 Å². The summed E-state index contributed by atoms with van der Waals surface area (Å²) in [5.74, 6) is 0.0364. The van der Waals surface area contributed by atoms with Gasteiger partial charge in [0.2, 0.25) is 6.41 Å². The van der Waals surface area contributed by atoms with Gasteiger partial charge in [-0.05, 0) is 30.7 Å². The summed E-state index contributed by atoms with van der Waals surface area (Å²) in [5, 5.41) is 3.09. The lowest BCUT2D eigenvalue weighted by Gasteiger charge is -2.32. The zero-order valence-corrected chi connectivity index (χ0v) is 18.5. The standard InChI is InChI=1S/C14H19N3O2S.C4H9NO.C2H6/c1-11-9-12(3-4-13(11)15-20-2)14(19)17-7-5-16(10-18)6-8-17;1-6-4-2-5-3-4;1-2/h3-4,9-10,15H,5-8H2,1-2H3;4-5H,2-3H2,1H3;1-2H3. The van der Waals surface area contributed by atoms with Crippen molar-refractivity contribution in [1.29, 1.82) is 0 Å². The molecule has 1 aromatic carbocycles. The van der Waals surface area contributed by atoms with Crippen LogP contribution in [0.5, 0.6) is 0 Å². The van der Waals surface area contributed by atoms with Crippen molar-refractivity contribution in [1.82, 2.24) is 15.1 Å². The maximum absolute atomic E-state index is 12.4. The molecule has 2 heterocycles. The first kappa shape index (κ1) is 24.3. The van der Waals surface area contributed by atoms with Crippen LogP contribution in [-0.2, 0) is 9.53 Å². The molecule has 0 aliphatic carbocycles. The first-order valence-electron chi connectivity index (χ1n) is 9.70. The van der Waals surface area contributed by atoms with E-state index in [4.69, 9.17) is 4.74 Å². The van der Waals surface area contributed by atoms with Gasteiger partial charge in [0, 0.05) is 63.9 Å². The van der Waals surface area contributed by atoms with E-state index in [1.807, 2.05) is 45.2 Å². The Kier molecular flexibility index (Phi) is 11.6. The van der Waals surface area contributed by atoms with Crippen molar-refractivity contribution in [2.75, 3.05) is 57.4 Å². The SMILES string of the molecule is CC.COC1CNC1.CSNc1ccc(C(=O)N2CCN(C=O)CC2)cc1C. The van der Waals surface area contributed by atoms with Crippen LogP contribution in [0.2, 0.25) is 0 Å². The fraction of sp³-hybridized carbons (Fsp3) is 0.600. The number of hydrogen-bond donors (Lipinski definition) is 2. The van der Waals surface area contributed by atoms with E-state index in [2.05, 4.69) is 10.0 Å². The molecule has 28 heavy (non-hydrogen) atoms. The zero-order valence-electron chi connectivity index (χ0n) is 17.7. The van der Waals surface area contributed by atoms with Gasteiger partial charge in [0.05, 0.1) is 6.10 Å². The zero-order chi connectivity index (χ0) is 20.9. The molecule has 2 N–H and O–H groups in total. The number of rotatable bonds is 5. The molecule has 7 nitrogen and oxygen atoms in total. The van der Waals surface area contributed by atoms with Crippen molar-refractivity contribution in [2.45, 2.75) is 26.9 Å². The third kappa shape index (κ3) is 7.33. The first-order chi connectivity index (χ1) is 13.6. The van der Waals surface area contributed by atoms with Gasteiger partial charge in [-0.1, -0.05) is 25.8 Å². The largest absolute Gasteiger partial charge is 0.379 e. The number of methoxy groups -OCH3 is 1. The predicted octanol–water partition coefficient (Wildman–Crippen LogP) is 2.23. The molecule has 158 valence electrons. The summed E-state index contributed by atoms with van der Waals surface area (Å²) in [6.07, 6.45) is 3.31. The van der Waals surface area contributed by atoms with E-state index in [1.54, 1.807) is 16.9 Å². The van der Waals surface area contributed by atoms with E-state index in [0.29, 0.717) is 37.8 Å². The molecule has 8 heteroatoms. The van der Waals surface area contributed by atoms with Crippen molar-refractivity contribution >= 4 is 30.0 Å². The lowest BCUT2D eigenvalue weighted by Crippen LogP contribution is -2.48. The number of ether oxygens (including phenoxy) is 1. The molecule has 0 atom stereocenters. The van der Waals surface area contributed by atoms with E-state index in [1.165, 1.54) is 11.9 Å². The van der Waals surface area contributed by atoms with Gasteiger partial charge in [0.1, 0.15) is 0 Å². The molecule has 0 aromatic heterocycles. The van der Waals surface area contributed by atoms with Crippen LogP contribution in [0.15, 0.2) is 18.2 Å². The molecular formula is C20H34N4O3S. The van der Waals surface area contributed by atoms with Crippen LogP contribution in [0.25, 0.3) is 0 Å². The van der Waals surface area contributed by atoms with Gasteiger partial charge in [0.15, 0.2) is 0 Å². The Balaban J connectivity index is 0.000000411. The van der Waals surface area contributed by atoms with E-state index < -0.39 is 0 Å². The second kappa shape index (κ2) is 13.4. The number of benzene rings is 1. The van der Waals surface area contributed by atoms with Crippen molar-refractivity contribution in [3.63, 3.8) is 0 Å². The minimum Gasteiger partial charge on any atom is -0.379 e. The second-order valence-corrected chi connectivity index (χ2v) is 6.90. The number of anilines is 1. The Hall–Kier alpha value is -1.77. The fourth-order valence-electron chi connectivity index (χ4n) is 2.66. The molecule has 3 rings (SSSR count). The van der Waals surface area contributed by atoms with Crippen LogP contribution >= 0.6 is 11.9 Å². The summed E-state index contributed by atoms with van der Waals surface area (Å²) in [5.41, 5.74) is 2.78. The Bertz CT molecular complexity index is 600. The van der Waals surface area contributed by atoms with Gasteiger partial charge in [-0.3, -0.25) is 9.59 Å². The molecule has 2 fully saturated rings. The molecule has 2 saturated heterocycles. The summed E-state index contributed by atoms with van der Waals surface area (Å²) in [4.78, 5) is 26.6. The first-order valence-corrected chi connectivity index (χ1v) is 10.9. The summed E-state index contributed by atoms with van der Waals surface area (Å²) in [6, 6.07) is 5.69. The van der Waals surface area contributed by atoms with Gasteiger partial charge in [-0.25, -0.2) is 0 Å². The monoisotopic (exact) mass is 410 g/mol. The van der Waals surface area contributed by atoms with Crippen molar-refractivity contribution < 1.29 is 14.3 Å². The number of nitrogens with one attached hydrogen (secondary N) is 2. The lowest BCUT2D eigenvalue weighted by molar-refractivity contribution is -0.119. The maximum atomic E-state index is 12.4. The highest BCUT2D eigenvalue weighted by atomic mass is 32.2. The number of carbonyl (C=O) groups excluding carboxylic acids is 2. The average molecular weight is 411 g/mol. The van der Waals surface area contributed by atoms with Gasteiger partial charge >= 0.3 is 0 Å². The van der Waals surface area contributed by atoms with Crippen LogP contribution in [-0.4, -0.2) is 80.9 Å². The molecule has 0 saturated carbocycles. The van der Waals surface area contributed by atoms with Crippen molar-refractivity contribution in [3.8, 4) is 0 Å². The molecule has 0 unspecified atom stereocenters. The topological polar surface area (TPSA) is 73.9 Å². The Morgan fingerprint density at radius 1 is 1.25 bits per heavy atom. The minimum atomic E-state index is 0.0364. The third-order valence-electron chi connectivity index (χ3n) is 4.51. The number of carbonyl (C=O) groups is 2. The van der Waals surface area contributed by atoms with Crippen LogP contribution in [0.4, 0.5) is 5.69 Å². The Morgan fingerprint density at radius 2 is 1.89 bits per heavy atom. The average Bonchev–Trinajstić information content (AvgIpc) is 2.70. The Morgan fingerprint density at radius 3 is 2.29 bits per heavy atom. The normalized spacial score (nSPS) is 16.0. The van der Waals surface area contributed by atoms with Crippen LogP contribution < -0.4 is 10.0 Å². The summed E-state index contributed by atoms with van der Waals surface area (Å²) in [6.45, 7) is 10.5. The summed E-state index contributed by atoms with van der Waals surface area (Å²) < 4.78 is 8.10. The van der Waals surface area contributed by atoms with E-state index in [-0.39, 0.29) is 5.91 Å². The predicted molar refractivity (Wildman–Crippen MR) is 117 cm³/mol. The number of nitrogens with zero attached hydrogens (tertiary/aromatic N) is 2. The van der Waals surface area contributed by atoms with E-state index in [0.717, 1.165) is 30.8 Å². The van der Waals surface area contributed by atoms with Crippen LogP contribution in [0.3, 0.4) is 0 Å². The molecule has 0 spiro atoms. The quantitative estimate of drug-likeness (QED) is 0.573. The number of aryl methyl sites for hydroxylation is 1. The van der Waals surface area contributed by atoms with Crippen molar-refractivity contribution in [3.05, 3.63) is 29.3 Å². The fourth-order valence-corrected chi connectivity index (χ4v) is 3.11. The molecule has 1 aromatic rings.